The van der Waals surface area contributed by atoms with E-state index in [2.05, 4.69) is 33.2 Å². The Morgan fingerprint density at radius 1 is 0.583 bits per heavy atom. The maximum Gasteiger partial charge on any atom is 0.327 e. The van der Waals surface area contributed by atoms with Crippen LogP contribution in [0.4, 0.5) is 0 Å². The van der Waals surface area contributed by atoms with Crippen molar-refractivity contribution in [2.45, 2.75) is 0 Å². The molecule has 4 aromatic rings. The Bertz CT molecular complexity index is 838. The SMILES string of the molecule is c1cncc(-c2ccc(-[n+]3ccc(-c4ccncc4)cc3)nc2)c1. The Morgan fingerprint density at radius 2 is 1.33 bits per heavy atom. The molecule has 0 aliphatic carbocycles. The summed E-state index contributed by atoms with van der Waals surface area (Å²) in [5, 5.41) is 0. The molecule has 0 aromatic carbocycles. The van der Waals surface area contributed by atoms with E-state index < -0.39 is 0 Å². The summed E-state index contributed by atoms with van der Waals surface area (Å²) in [7, 11) is 0. The first-order chi connectivity index (χ1) is 11.9. The summed E-state index contributed by atoms with van der Waals surface area (Å²) in [6.45, 7) is 0. The molecule has 0 bridgehead atoms. The maximum atomic E-state index is 4.55. The van der Waals surface area contributed by atoms with E-state index in [4.69, 9.17) is 0 Å². The minimum absolute atomic E-state index is 0.879. The molecule has 0 saturated heterocycles. The number of nitrogens with zero attached hydrogens (tertiary/aromatic N) is 4. The smallest absolute Gasteiger partial charge is 0.265 e. The van der Waals surface area contributed by atoms with Gasteiger partial charge in [-0.25, -0.2) is 4.57 Å². The molecule has 4 rings (SSSR count). The Labute approximate surface area is 140 Å². The van der Waals surface area contributed by atoms with E-state index in [1.165, 1.54) is 0 Å². The van der Waals surface area contributed by atoms with Crippen LogP contribution in [0.1, 0.15) is 0 Å². The molecule has 4 heteroatoms. The van der Waals surface area contributed by atoms with Gasteiger partial charge in [-0.05, 0) is 52.5 Å². The standard InChI is InChI=1S/C20H15N4/c1-2-18(14-22-9-1)19-3-4-20(23-15-19)24-12-7-17(8-13-24)16-5-10-21-11-6-16/h1-15H/q+1. The Morgan fingerprint density at radius 3 is 2.00 bits per heavy atom. The number of pyridine rings is 4. The number of hydrogen-bond donors (Lipinski definition) is 0. The molecular formula is C20H15N4+. The van der Waals surface area contributed by atoms with Gasteiger partial charge in [0.15, 0.2) is 0 Å². The van der Waals surface area contributed by atoms with Crippen molar-refractivity contribution in [2.24, 2.45) is 0 Å². The molecule has 0 fully saturated rings. The highest BCUT2D eigenvalue weighted by atomic mass is 15.0. The largest absolute Gasteiger partial charge is 0.327 e. The van der Waals surface area contributed by atoms with Gasteiger partial charge in [0.1, 0.15) is 6.20 Å². The maximum absolute atomic E-state index is 4.55. The number of rotatable bonds is 3. The fourth-order valence-electron chi connectivity index (χ4n) is 2.56. The van der Waals surface area contributed by atoms with Gasteiger partial charge < -0.3 is 0 Å². The van der Waals surface area contributed by atoms with Crippen LogP contribution in [0.2, 0.25) is 0 Å². The third-order valence-corrected chi connectivity index (χ3v) is 3.85. The third kappa shape index (κ3) is 2.90. The van der Waals surface area contributed by atoms with Crippen molar-refractivity contribution in [3.8, 4) is 28.1 Å². The molecule has 0 spiro atoms. The van der Waals surface area contributed by atoms with Crippen LogP contribution in [-0.4, -0.2) is 15.0 Å². The zero-order valence-corrected chi connectivity index (χ0v) is 12.9. The second-order valence-electron chi connectivity index (χ2n) is 5.38. The molecule has 0 atom stereocenters. The lowest BCUT2D eigenvalue weighted by atomic mass is 10.1. The highest BCUT2D eigenvalue weighted by molar-refractivity contribution is 5.62. The zero-order valence-electron chi connectivity index (χ0n) is 12.9. The van der Waals surface area contributed by atoms with E-state index in [1.54, 1.807) is 18.6 Å². The minimum atomic E-state index is 0.879. The lowest BCUT2D eigenvalue weighted by molar-refractivity contribution is -0.599. The van der Waals surface area contributed by atoms with E-state index in [9.17, 15) is 0 Å². The predicted octanol–water partition coefficient (Wildman–Crippen LogP) is 3.48. The van der Waals surface area contributed by atoms with Crippen molar-refractivity contribution < 1.29 is 4.57 Å². The van der Waals surface area contributed by atoms with Gasteiger partial charge >= 0.3 is 5.82 Å². The highest BCUT2D eigenvalue weighted by Gasteiger charge is 2.09. The van der Waals surface area contributed by atoms with Gasteiger partial charge in [-0.2, -0.15) is 0 Å². The Balaban J connectivity index is 1.60. The molecule has 0 radical (unpaired) electrons. The van der Waals surface area contributed by atoms with Crippen LogP contribution >= 0.6 is 0 Å². The van der Waals surface area contributed by atoms with Crippen molar-refractivity contribution in [2.75, 3.05) is 0 Å². The van der Waals surface area contributed by atoms with Gasteiger partial charge in [-0.15, -0.1) is 0 Å². The van der Waals surface area contributed by atoms with E-state index >= 15 is 0 Å². The van der Waals surface area contributed by atoms with Crippen molar-refractivity contribution in [1.82, 2.24) is 15.0 Å². The van der Waals surface area contributed by atoms with Gasteiger partial charge in [0.25, 0.3) is 0 Å². The zero-order chi connectivity index (χ0) is 16.2. The number of hydrogen-bond acceptors (Lipinski definition) is 3. The average Bonchev–Trinajstić information content (AvgIpc) is 2.70. The second kappa shape index (κ2) is 6.38. The minimum Gasteiger partial charge on any atom is -0.265 e. The van der Waals surface area contributed by atoms with Gasteiger partial charge in [0, 0.05) is 42.0 Å². The normalized spacial score (nSPS) is 10.5. The summed E-state index contributed by atoms with van der Waals surface area (Å²) in [5.74, 6) is 0.879. The topological polar surface area (TPSA) is 42.5 Å². The average molecular weight is 311 g/mol. The Kier molecular flexibility index (Phi) is 3.78. The van der Waals surface area contributed by atoms with Crippen molar-refractivity contribution in [1.29, 1.82) is 0 Å². The van der Waals surface area contributed by atoms with Gasteiger partial charge in [0.2, 0.25) is 0 Å². The molecule has 0 aliphatic heterocycles. The third-order valence-electron chi connectivity index (χ3n) is 3.85. The molecule has 0 saturated carbocycles. The molecule has 0 amide bonds. The van der Waals surface area contributed by atoms with Crippen LogP contribution in [0.3, 0.4) is 0 Å². The van der Waals surface area contributed by atoms with Crippen LogP contribution in [0.5, 0.6) is 0 Å². The molecule has 24 heavy (non-hydrogen) atoms. The van der Waals surface area contributed by atoms with Gasteiger partial charge in [-0.3, -0.25) is 9.97 Å². The molecule has 114 valence electrons. The van der Waals surface area contributed by atoms with Gasteiger partial charge in [-0.1, -0.05) is 6.07 Å². The van der Waals surface area contributed by atoms with E-state index in [0.717, 1.165) is 28.1 Å². The Hall–Kier alpha value is -3.40. The van der Waals surface area contributed by atoms with Crippen LogP contribution in [0.15, 0.2) is 91.9 Å². The molecule has 4 aromatic heterocycles. The molecule has 0 aliphatic rings. The van der Waals surface area contributed by atoms with Crippen LogP contribution < -0.4 is 4.57 Å². The first-order valence-electron chi connectivity index (χ1n) is 7.69. The summed E-state index contributed by atoms with van der Waals surface area (Å²) in [6.07, 6.45) is 13.1. The van der Waals surface area contributed by atoms with Crippen molar-refractivity contribution in [3.63, 3.8) is 0 Å². The van der Waals surface area contributed by atoms with Crippen LogP contribution in [0, 0.1) is 0 Å². The van der Waals surface area contributed by atoms with E-state index in [1.807, 2.05) is 59.7 Å². The lowest BCUT2D eigenvalue weighted by Crippen LogP contribution is -2.30. The summed E-state index contributed by atoms with van der Waals surface area (Å²) in [5.41, 5.74) is 4.42. The highest BCUT2D eigenvalue weighted by Crippen LogP contribution is 2.18. The fourth-order valence-corrected chi connectivity index (χ4v) is 2.56. The fraction of sp³-hybridized carbons (Fsp3) is 0. The monoisotopic (exact) mass is 311 g/mol. The predicted molar refractivity (Wildman–Crippen MR) is 92.2 cm³/mol. The number of aromatic nitrogens is 4. The lowest BCUT2D eigenvalue weighted by Gasteiger charge is -2.02. The molecule has 0 unspecified atom stereocenters. The van der Waals surface area contributed by atoms with E-state index in [0.29, 0.717) is 0 Å². The summed E-state index contributed by atoms with van der Waals surface area (Å²) in [4.78, 5) is 12.7. The molecule has 0 N–H and O–H groups in total. The van der Waals surface area contributed by atoms with Crippen molar-refractivity contribution >= 4 is 0 Å². The molecule has 4 heterocycles. The summed E-state index contributed by atoms with van der Waals surface area (Å²) >= 11 is 0. The second-order valence-corrected chi connectivity index (χ2v) is 5.38. The van der Waals surface area contributed by atoms with Crippen LogP contribution in [-0.2, 0) is 0 Å². The van der Waals surface area contributed by atoms with Gasteiger partial charge in [0.05, 0.1) is 12.4 Å². The quantitative estimate of drug-likeness (QED) is 0.544. The van der Waals surface area contributed by atoms with Crippen LogP contribution in [0.25, 0.3) is 28.1 Å². The summed E-state index contributed by atoms with van der Waals surface area (Å²) in [6, 6.07) is 16.2. The molecular weight excluding hydrogens is 296 g/mol. The first kappa shape index (κ1) is 14.2. The van der Waals surface area contributed by atoms with E-state index in [-0.39, 0.29) is 0 Å². The molecule has 4 nitrogen and oxygen atoms in total. The van der Waals surface area contributed by atoms with Crippen molar-refractivity contribution in [3.05, 3.63) is 91.9 Å². The summed E-state index contributed by atoms with van der Waals surface area (Å²) < 4.78 is 2.00. The first-order valence-corrected chi connectivity index (χ1v) is 7.69.